The van der Waals surface area contributed by atoms with E-state index in [1.165, 1.54) is 0 Å². The first kappa shape index (κ1) is 16.7. The van der Waals surface area contributed by atoms with Crippen LogP contribution in [-0.4, -0.2) is 26.6 Å². The van der Waals surface area contributed by atoms with Crippen LogP contribution in [0.15, 0.2) is 24.3 Å². The molecular weight excluding hydrogens is 278 g/mol. The normalized spacial score (nSPS) is 12.2. The van der Waals surface area contributed by atoms with Crippen LogP contribution in [0.25, 0.3) is 0 Å². The predicted octanol–water partition coefficient (Wildman–Crippen LogP) is 0.766. The Kier molecular flexibility index (Phi) is 6.10. The number of carbonyl (C=O) groups excluding carboxylic acids is 1. The Morgan fingerprint density at radius 2 is 1.67 bits per heavy atom. The number of amides is 1. The number of carbonyl (C=O) groups is 1. The van der Waals surface area contributed by atoms with E-state index in [2.05, 4.69) is 10.0 Å². The highest BCUT2D eigenvalue weighted by Crippen LogP contribution is 2.14. The van der Waals surface area contributed by atoms with Gasteiger partial charge in [-0.25, -0.2) is 8.42 Å². The summed E-state index contributed by atoms with van der Waals surface area (Å²) < 4.78 is 24.2. The lowest BCUT2D eigenvalue weighted by atomic mass is 10.2. The highest BCUT2D eigenvalue weighted by molar-refractivity contribution is 7.92. The Labute approximate surface area is 112 Å². The van der Waals surface area contributed by atoms with Crippen LogP contribution in [0.3, 0.4) is 0 Å². The minimum atomic E-state index is -3.28. The average molecular weight is 294 g/mol. The van der Waals surface area contributed by atoms with Gasteiger partial charge in [0, 0.05) is 11.4 Å². The minimum absolute atomic E-state index is 0. The zero-order valence-electron chi connectivity index (χ0n) is 10.0. The maximum Gasteiger partial charge on any atom is 0.240 e. The van der Waals surface area contributed by atoms with Gasteiger partial charge in [-0.15, -0.1) is 12.4 Å². The van der Waals surface area contributed by atoms with Crippen molar-refractivity contribution in [2.24, 2.45) is 5.73 Å². The second kappa shape index (κ2) is 6.58. The van der Waals surface area contributed by atoms with Gasteiger partial charge in [0.1, 0.15) is 0 Å². The number of benzene rings is 1. The van der Waals surface area contributed by atoms with Crippen molar-refractivity contribution in [1.82, 2.24) is 0 Å². The van der Waals surface area contributed by atoms with Crippen LogP contribution in [0, 0.1) is 0 Å². The highest BCUT2D eigenvalue weighted by Gasteiger charge is 2.07. The zero-order valence-corrected chi connectivity index (χ0v) is 11.6. The van der Waals surface area contributed by atoms with E-state index in [0.29, 0.717) is 11.4 Å². The summed E-state index contributed by atoms with van der Waals surface area (Å²) in [7, 11) is -3.28. The topological polar surface area (TPSA) is 101 Å². The fourth-order valence-corrected chi connectivity index (χ4v) is 1.66. The Morgan fingerprint density at radius 3 is 2.06 bits per heavy atom. The molecule has 0 heterocycles. The summed E-state index contributed by atoms with van der Waals surface area (Å²) in [6.07, 6.45) is 1.07. The zero-order chi connectivity index (χ0) is 13.1. The number of anilines is 2. The number of rotatable bonds is 4. The second-order valence-corrected chi connectivity index (χ2v) is 5.48. The van der Waals surface area contributed by atoms with Gasteiger partial charge >= 0.3 is 0 Å². The average Bonchev–Trinajstić information content (AvgIpc) is 2.18. The van der Waals surface area contributed by atoms with Crippen molar-refractivity contribution in [2.75, 3.05) is 16.3 Å². The molecule has 0 radical (unpaired) electrons. The predicted molar refractivity (Wildman–Crippen MR) is 74.4 cm³/mol. The molecule has 1 aromatic carbocycles. The number of sulfonamides is 1. The molecule has 102 valence electrons. The maximum atomic E-state index is 11.3. The molecule has 1 rings (SSSR count). The molecule has 6 nitrogen and oxygen atoms in total. The minimum Gasteiger partial charge on any atom is -0.325 e. The van der Waals surface area contributed by atoms with E-state index in [9.17, 15) is 13.2 Å². The molecule has 0 saturated heterocycles. The van der Waals surface area contributed by atoms with Crippen LogP contribution < -0.4 is 15.8 Å². The van der Waals surface area contributed by atoms with Crippen molar-refractivity contribution >= 4 is 39.7 Å². The number of hydrogen-bond acceptors (Lipinski definition) is 4. The van der Waals surface area contributed by atoms with Crippen molar-refractivity contribution in [3.8, 4) is 0 Å². The molecule has 0 aliphatic rings. The van der Waals surface area contributed by atoms with Crippen LogP contribution in [0.1, 0.15) is 6.92 Å². The van der Waals surface area contributed by atoms with Crippen LogP contribution in [0.2, 0.25) is 0 Å². The molecule has 8 heteroatoms. The van der Waals surface area contributed by atoms with E-state index in [4.69, 9.17) is 5.73 Å². The smallest absolute Gasteiger partial charge is 0.240 e. The molecule has 18 heavy (non-hydrogen) atoms. The van der Waals surface area contributed by atoms with E-state index < -0.39 is 16.1 Å². The Balaban J connectivity index is 0.00000289. The third-order valence-electron chi connectivity index (χ3n) is 1.87. The van der Waals surface area contributed by atoms with Crippen molar-refractivity contribution < 1.29 is 13.2 Å². The molecule has 4 N–H and O–H groups in total. The number of nitrogens with two attached hydrogens (primary N) is 1. The highest BCUT2D eigenvalue weighted by atomic mass is 35.5. The van der Waals surface area contributed by atoms with Gasteiger partial charge in [0.15, 0.2) is 0 Å². The van der Waals surface area contributed by atoms with Gasteiger partial charge in [-0.2, -0.15) is 0 Å². The SMILES string of the molecule is CC(N)C(=O)Nc1ccc(NS(C)(=O)=O)cc1.Cl. The standard InChI is InChI=1S/C10H15N3O3S.ClH/c1-7(11)10(14)12-8-3-5-9(6-4-8)13-17(2,15)16;/h3-7,13H,11H2,1-2H3,(H,12,14);1H. The summed E-state index contributed by atoms with van der Waals surface area (Å²) in [6.45, 7) is 1.58. The summed E-state index contributed by atoms with van der Waals surface area (Å²) in [6, 6.07) is 5.70. The van der Waals surface area contributed by atoms with E-state index in [1.54, 1.807) is 31.2 Å². The molecule has 0 bridgehead atoms. The Bertz CT molecular complexity index is 500. The van der Waals surface area contributed by atoms with E-state index in [-0.39, 0.29) is 18.3 Å². The van der Waals surface area contributed by atoms with Gasteiger partial charge in [-0.3, -0.25) is 9.52 Å². The van der Waals surface area contributed by atoms with Crippen LogP contribution >= 0.6 is 12.4 Å². The number of halogens is 1. The second-order valence-electron chi connectivity index (χ2n) is 3.73. The van der Waals surface area contributed by atoms with Gasteiger partial charge in [-0.05, 0) is 31.2 Å². The third-order valence-corrected chi connectivity index (χ3v) is 2.48. The first-order valence-corrected chi connectivity index (χ1v) is 6.81. The molecule has 1 aromatic rings. The fourth-order valence-electron chi connectivity index (χ4n) is 1.09. The summed E-state index contributed by atoms with van der Waals surface area (Å²) in [5, 5.41) is 2.59. The van der Waals surface area contributed by atoms with E-state index >= 15 is 0 Å². The largest absolute Gasteiger partial charge is 0.325 e. The summed E-state index contributed by atoms with van der Waals surface area (Å²) >= 11 is 0. The van der Waals surface area contributed by atoms with Crippen LogP contribution in [-0.2, 0) is 14.8 Å². The lowest BCUT2D eigenvalue weighted by Gasteiger charge is -2.08. The maximum absolute atomic E-state index is 11.3. The van der Waals surface area contributed by atoms with Gasteiger partial charge in [0.2, 0.25) is 15.9 Å². The molecule has 0 aliphatic heterocycles. The summed E-state index contributed by atoms with van der Waals surface area (Å²) in [4.78, 5) is 11.3. The number of nitrogens with one attached hydrogen (secondary N) is 2. The summed E-state index contributed by atoms with van der Waals surface area (Å²) in [5.41, 5.74) is 6.39. The first-order valence-electron chi connectivity index (χ1n) is 4.92. The van der Waals surface area contributed by atoms with Crippen molar-refractivity contribution in [3.05, 3.63) is 24.3 Å². The molecule has 0 aromatic heterocycles. The van der Waals surface area contributed by atoms with Crippen LogP contribution in [0.5, 0.6) is 0 Å². The molecule has 1 amide bonds. The van der Waals surface area contributed by atoms with Crippen molar-refractivity contribution in [3.63, 3.8) is 0 Å². The third kappa shape index (κ3) is 5.85. The quantitative estimate of drug-likeness (QED) is 0.763. The van der Waals surface area contributed by atoms with Gasteiger partial charge in [-0.1, -0.05) is 0 Å². The molecule has 1 atom stereocenters. The molecule has 0 aliphatic carbocycles. The molecular formula is C10H16ClN3O3S. The molecule has 0 spiro atoms. The lowest BCUT2D eigenvalue weighted by Crippen LogP contribution is -2.32. The summed E-state index contributed by atoms with van der Waals surface area (Å²) in [5.74, 6) is -0.297. The Hall–Kier alpha value is -1.31. The lowest BCUT2D eigenvalue weighted by molar-refractivity contribution is -0.117. The first-order chi connectivity index (χ1) is 7.78. The fraction of sp³-hybridized carbons (Fsp3) is 0.300. The molecule has 0 saturated carbocycles. The van der Waals surface area contributed by atoms with Crippen LogP contribution in [0.4, 0.5) is 11.4 Å². The molecule has 1 unspecified atom stereocenters. The van der Waals surface area contributed by atoms with Crippen molar-refractivity contribution in [2.45, 2.75) is 13.0 Å². The molecule has 0 fully saturated rings. The van der Waals surface area contributed by atoms with Crippen molar-refractivity contribution in [1.29, 1.82) is 0 Å². The van der Waals surface area contributed by atoms with Gasteiger partial charge < -0.3 is 11.1 Å². The monoisotopic (exact) mass is 293 g/mol. The van der Waals surface area contributed by atoms with Gasteiger partial charge in [0.05, 0.1) is 12.3 Å². The van der Waals surface area contributed by atoms with E-state index in [1.807, 2.05) is 0 Å². The van der Waals surface area contributed by atoms with Gasteiger partial charge in [0.25, 0.3) is 0 Å². The Morgan fingerprint density at radius 1 is 1.22 bits per heavy atom. The number of hydrogen-bond donors (Lipinski definition) is 3. The van der Waals surface area contributed by atoms with E-state index in [0.717, 1.165) is 6.26 Å².